The van der Waals surface area contributed by atoms with Crippen LogP contribution in [0.3, 0.4) is 0 Å². The van der Waals surface area contributed by atoms with Gasteiger partial charge < -0.3 is 14.4 Å². The Labute approximate surface area is 407 Å². The van der Waals surface area contributed by atoms with Crippen molar-refractivity contribution in [3.8, 4) is 45.9 Å². The lowest BCUT2D eigenvalue weighted by Gasteiger charge is -2.38. The van der Waals surface area contributed by atoms with Gasteiger partial charge in [-0.1, -0.05) is 151 Å². The van der Waals surface area contributed by atoms with Gasteiger partial charge in [0.05, 0.1) is 36.4 Å². The molecule has 0 saturated carbocycles. The first-order valence-corrected chi connectivity index (χ1v) is 23.3. The minimum atomic E-state index is -0.371. The second-order valence-corrected chi connectivity index (χ2v) is 16.6. The maximum atomic E-state index is 12.7. The summed E-state index contributed by atoms with van der Waals surface area (Å²) in [5, 5.41) is 10.3. The highest BCUT2D eigenvalue weighted by atomic mass is 16.5. The number of benzene rings is 7. The number of hydrogen-bond donors (Lipinski definition) is 1. The molecule has 7 aromatic carbocycles. The number of amidine groups is 1. The van der Waals surface area contributed by atoms with Crippen molar-refractivity contribution in [3.05, 3.63) is 251 Å². The molecule has 2 atom stereocenters. The Morgan fingerprint density at radius 2 is 0.913 bits per heavy atom. The summed E-state index contributed by atoms with van der Waals surface area (Å²) >= 11 is 0. The molecule has 0 spiro atoms. The van der Waals surface area contributed by atoms with Gasteiger partial charge in [0.1, 0.15) is 5.84 Å². The number of ether oxygens (including phenoxy) is 2. The number of hydrogen-bond acceptors (Lipinski definition) is 5. The first-order chi connectivity index (χ1) is 33.7. The number of rotatable bonds is 17. The molecule has 6 heteroatoms. The third-order valence-electron chi connectivity index (χ3n) is 11.8. The second kappa shape index (κ2) is 24.4. The fourth-order valence-corrected chi connectivity index (χ4v) is 8.08. The molecule has 342 valence electrons. The van der Waals surface area contributed by atoms with Crippen LogP contribution in [0.4, 0.5) is 0 Å². The number of carbonyl (C=O) groups excluding carboxylic acids is 2. The van der Waals surface area contributed by atoms with Crippen LogP contribution < -0.4 is 0 Å². The van der Waals surface area contributed by atoms with Crippen molar-refractivity contribution >= 4 is 17.8 Å². The Kier molecular flexibility index (Phi) is 17.1. The van der Waals surface area contributed by atoms with Crippen molar-refractivity contribution < 1.29 is 19.1 Å². The lowest BCUT2D eigenvalue weighted by molar-refractivity contribution is 0.0492. The Morgan fingerprint density at radius 3 is 1.32 bits per heavy atom. The molecule has 0 amide bonds. The van der Waals surface area contributed by atoms with E-state index < -0.39 is 0 Å². The number of allylic oxidation sites excluding steroid dienone is 2. The normalized spacial score (nSPS) is 11.3. The number of unbranched alkanes of at least 4 members (excludes halogenated alkanes) is 2. The highest BCUT2D eigenvalue weighted by molar-refractivity contribution is 6.08. The minimum absolute atomic E-state index is 0.152. The monoisotopic (exact) mass is 904 g/mol. The van der Waals surface area contributed by atoms with Crippen molar-refractivity contribution in [1.29, 1.82) is 5.41 Å². The van der Waals surface area contributed by atoms with Gasteiger partial charge in [0.25, 0.3) is 0 Å². The van der Waals surface area contributed by atoms with Gasteiger partial charge >= 0.3 is 11.9 Å². The molecule has 0 unspecified atom stereocenters. The van der Waals surface area contributed by atoms with E-state index in [0.29, 0.717) is 41.3 Å². The molecule has 0 bridgehead atoms. The van der Waals surface area contributed by atoms with Crippen molar-refractivity contribution in [2.45, 2.75) is 51.6 Å². The second-order valence-electron chi connectivity index (χ2n) is 16.6. The summed E-state index contributed by atoms with van der Waals surface area (Å²) < 4.78 is 10.9. The summed E-state index contributed by atoms with van der Waals surface area (Å²) in [6.45, 7) is 12.5. The summed E-state index contributed by atoms with van der Waals surface area (Å²) in [5.74, 6) is 12.6. The molecular formula is C63H56N2O4. The molecule has 0 saturated heterocycles. The zero-order valence-corrected chi connectivity index (χ0v) is 39.3. The van der Waals surface area contributed by atoms with Crippen LogP contribution in [0.5, 0.6) is 0 Å². The third-order valence-corrected chi connectivity index (χ3v) is 11.8. The zero-order valence-electron chi connectivity index (χ0n) is 39.3. The van der Waals surface area contributed by atoms with Gasteiger partial charge in [-0.15, -0.1) is 13.2 Å². The number of carbonyl (C=O) groups is 2. The van der Waals surface area contributed by atoms with Crippen LogP contribution in [0, 0.1) is 29.1 Å². The lowest BCUT2D eigenvalue weighted by Crippen LogP contribution is -2.36. The van der Waals surface area contributed by atoms with Gasteiger partial charge in [0.15, 0.2) is 0 Å². The van der Waals surface area contributed by atoms with E-state index in [2.05, 4.69) is 116 Å². The predicted molar refractivity (Wildman–Crippen MR) is 280 cm³/mol. The van der Waals surface area contributed by atoms with Crippen molar-refractivity contribution in [2.75, 3.05) is 13.2 Å². The number of nitrogens with one attached hydrogen (secondary N) is 1. The summed E-state index contributed by atoms with van der Waals surface area (Å²) in [5.41, 5.74) is 10.7. The summed E-state index contributed by atoms with van der Waals surface area (Å²) in [7, 11) is 0. The van der Waals surface area contributed by atoms with Gasteiger partial charge in [-0.05, 0) is 134 Å². The minimum Gasteiger partial charge on any atom is -0.462 e. The van der Waals surface area contributed by atoms with Gasteiger partial charge in [0.2, 0.25) is 0 Å². The standard InChI is InChI=1S/C63H56N2O4/c1-5-7-15-42-68-62(66)56-26-17-20-50(44-56)32-30-48-34-38-54(39-35-48)58-28-19-29-59(60(58)61(64)65(46(3)52-22-11-9-12-23-52)47(4)53-24-13-10-14-25-53)55-40-36-49(37-41-55)31-33-51-21-18-27-57(45-51)63(67)69-43-16-8-6-2/h5-6,9-14,17-29,34-41,44-47,64H,1-2,7-8,15-16,42-43H2,3-4H3/t46-,47-/m1/s1. The maximum absolute atomic E-state index is 12.7. The molecule has 6 nitrogen and oxygen atoms in total. The molecule has 0 aliphatic rings. The van der Waals surface area contributed by atoms with E-state index in [-0.39, 0.29) is 24.0 Å². The molecular weight excluding hydrogens is 849 g/mol. The van der Waals surface area contributed by atoms with Crippen LogP contribution in [0.2, 0.25) is 0 Å². The van der Waals surface area contributed by atoms with Crippen LogP contribution in [0.25, 0.3) is 22.3 Å². The third kappa shape index (κ3) is 12.9. The first-order valence-electron chi connectivity index (χ1n) is 23.3. The first kappa shape index (κ1) is 48.5. The molecule has 0 aliphatic heterocycles. The van der Waals surface area contributed by atoms with E-state index in [1.807, 2.05) is 103 Å². The van der Waals surface area contributed by atoms with Gasteiger partial charge in [-0.25, -0.2) is 9.59 Å². The quantitative estimate of drug-likeness (QED) is 0.0246. The summed E-state index contributed by atoms with van der Waals surface area (Å²) in [6, 6.07) is 57.2. The van der Waals surface area contributed by atoms with Crippen molar-refractivity contribution in [3.63, 3.8) is 0 Å². The SMILES string of the molecule is C=CCCCOC(=O)c1cccc(C#Cc2ccc(-c3cccc(-c4ccc(C#Cc5cccc(C(=O)OCCCC=C)c5)cc4)c3C(=N)N([C@H](C)c3ccccc3)[C@H](C)c3ccccc3)cc2)c1. The molecule has 1 N–H and O–H groups in total. The van der Waals surface area contributed by atoms with Gasteiger partial charge in [-0.2, -0.15) is 0 Å². The van der Waals surface area contributed by atoms with Gasteiger partial charge in [-0.3, -0.25) is 5.41 Å². The smallest absolute Gasteiger partial charge is 0.338 e. The Morgan fingerprint density at radius 1 is 0.522 bits per heavy atom. The van der Waals surface area contributed by atoms with Crippen LogP contribution in [0.1, 0.15) is 111 Å². The molecule has 0 radical (unpaired) electrons. The molecule has 69 heavy (non-hydrogen) atoms. The van der Waals surface area contributed by atoms with Crippen LogP contribution in [-0.2, 0) is 9.47 Å². The summed E-state index contributed by atoms with van der Waals surface area (Å²) in [4.78, 5) is 27.6. The zero-order chi connectivity index (χ0) is 48.4. The van der Waals surface area contributed by atoms with E-state index in [0.717, 1.165) is 75.8 Å². The van der Waals surface area contributed by atoms with E-state index in [1.165, 1.54) is 0 Å². The molecule has 7 rings (SSSR count). The van der Waals surface area contributed by atoms with Crippen LogP contribution in [-0.4, -0.2) is 35.9 Å². The average Bonchev–Trinajstić information content (AvgIpc) is 3.40. The fraction of sp³-hybridized carbons (Fsp3) is 0.159. The fourth-order valence-electron chi connectivity index (χ4n) is 8.08. The maximum Gasteiger partial charge on any atom is 0.338 e. The van der Waals surface area contributed by atoms with E-state index in [4.69, 9.17) is 9.47 Å². The average molecular weight is 905 g/mol. The van der Waals surface area contributed by atoms with Crippen LogP contribution in [0.15, 0.2) is 201 Å². The van der Waals surface area contributed by atoms with Crippen molar-refractivity contribution in [2.24, 2.45) is 0 Å². The Hall–Kier alpha value is -8.45. The molecule has 0 fully saturated rings. The lowest BCUT2D eigenvalue weighted by atomic mass is 9.88. The topological polar surface area (TPSA) is 79.7 Å². The van der Waals surface area contributed by atoms with Gasteiger partial charge in [0, 0.05) is 27.8 Å². The van der Waals surface area contributed by atoms with Crippen molar-refractivity contribution in [1.82, 2.24) is 4.90 Å². The van der Waals surface area contributed by atoms with E-state index >= 15 is 0 Å². The Bertz CT molecular complexity index is 2830. The molecule has 0 aliphatic carbocycles. The predicted octanol–water partition coefficient (Wildman–Crippen LogP) is 14.2. The highest BCUT2D eigenvalue weighted by Gasteiger charge is 2.29. The largest absolute Gasteiger partial charge is 0.462 e. The summed E-state index contributed by atoms with van der Waals surface area (Å²) in [6.07, 6.45) is 6.66. The molecule has 0 heterocycles. The van der Waals surface area contributed by atoms with Crippen LogP contribution >= 0.6 is 0 Å². The van der Waals surface area contributed by atoms with E-state index in [1.54, 1.807) is 24.3 Å². The molecule has 7 aromatic rings. The highest BCUT2D eigenvalue weighted by Crippen LogP contribution is 2.39. The number of nitrogens with zero attached hydrogens (tertiary/aromatic N) is 1. The van der Waals surface area contributed by atoms with E-state index in [9.17, 15) is 15.0 Å². The molecule has 0 aromatic heterocycles. The Balaban J connectivity index is 1.23. The number of esters is 2.